The molecule has 9 nitrogen and oxygen atoms in total. The van der Waals surface area contributed by atoms with Gasteiger partial charge in [-0.25, -0.2) is 4.68 Å². The fraction of sp³-hybridized carbons (Fsp3) is 0.556. The van der Waals surface area contributed by atoms with E-state index >= 15 is 0 Å². The van der Waals surface area contributed by atoms with Gasteiger partial charge >= 0.3 is 0 Å². The topological polar surface area (TPSA) is 103 Å². The molecule has 2 aliphatic heterocycles. The van der Waals surface area contributed by atoms with E-state index in [9.17, 15) is 9.90 Å². The molecule has 9 heteroatoms. The Morgan fingerprint density at radius 3 is 2.96 bits per heavy atom. The highest BCUT2D eigenvalue weighted by molar-refractivity contribution is 5.78. The van der Waals surface area contributed by atoms with Crippen LogP contribution in [-0.2, 0) is 9.53 Å². The van der Waals surface area contributed by atoms with E-state index in [-0.39, 0.29) is 12.5 Å². The number of aliphatic hydroxyl groups is 1. The maximum absolute atomic E-state index is 12.5. The first kappa shape index (κ1) is 17.9. The van der Waals surface area contributed by atoms with E-state index in [1.165, 1.54) is 11.0 Å². The number of carbonyl (C=O) groups excluding carboxylic acids is 1. The molecule has 144 valence electrons. The molecule has 1 N–H and O–H groups in total. The van der Waals surface area contributed by atoms with Gasteiger partial charge in [0.1, 0.15) is 12.1 Å². The zero-order valence-corrected chi connectivity index (χ0v) is 15.0. The SMILES string of the molecule is O=C(COc1cccc(-n2cnnn2)c1)N1CCC2(CC1)OCCC[C@@H]2O. The van der Waals surface area contributed by atoms with Crippen LogP contribution in [0.15, 0.2) is 30.6 Å². The highest BCUT2D eigenvalue weighted by atomic mass is 16.5. The Kier molecular flexibility index (Phi) is 5.04. The number of hydrogen-bond acceptors (Lipinski definition) is 7. The molecule has 1 atom stereocenters. The second kappa shape index (κ2) is 7.61. The van der Waals surface area contributed by atoms with E-state index in [0.29, 0.717) is 38.3 Å². The van der Waals surface area contributed by atoms with Crippen molar-refractivity contribution in [3.63, 3.8) is 0 Å². The molecule has 4 rings (SSSR count). The largest absolute Gasteiger partial charge is 0.484 e. The minimum absolute atomic E-state index is 0.0323. The van der Waals surface area contributed by atoms with E-state index in [2.05, 4.69) is 15.5 Å². The van der Waals surface area contributed by atoms with Crippen molar-refractivity contribution >= 4 is 5.91 Å². The first-order chi connectivity index (χ1) is 13.2. The van der Waals surface area contributed by atoms with E-state index < -0.39 is 11.7 Å². The normalized spacial score (nSPS) is 22.0. The van der Waals surface area contributed by atoms with E-state index in [1.807, 2.05) is 12.1 Å². The summed E-state index contributed by atoms with van der Waals surface area (Å²) in [5.74, 6) is 0.513. The number of hydrogen-bond donors (Lipinski definition) is 1. The third-order valence-electron chi connectivity index (χ3n) is 5.37. The Hall–Kier alpha value is -2.52. The number of tetrazole rings is 1. The quantitative estimate of drug-likeness (QED) is 0.836. The molecule has 1 aromatic heterocycles. The van der Waals surface area contributed by atoms with Gasteiger partial charge in [-0.3, -0.25) is 4.79 Å². The lowest BCUT2D eigenvalue weighted by molar-refractivity contribution is -0.180. The number of piperidine rings is 1. The molecule has 27 heavy (non-hydrogen) atoms. The second-order valence-electron chi connectivity index (χ2n) is 6.99. The number of aliphatic hydroxyl groups excluding tert-OH is 1. The van der Waals surface area contributed by atoms with Crippen molar-refractivity contribution in [3.05, 3.63) is 30.6 Å². The Bertz CT molecular complexity index is 774. The minimum atomic E-state index is -0.476. The van der Waals surface area contributed by atoms with Crippen LogP contribution in [0.5, 0.6) is 5.75 Å². The summed E-state index contributed by atoms with van der Waals surface area (Å²) in [7, 11) is 0. The highest BCUT2D eigenvalue weighted by Crippen LogP contribution is 2.35. The standard InChI is InChI=1S/C18H23N5O4/c24-16-5-2-10-27-18(16)6-8-22(9-7-18)17(25)12-26-15-4-1-3-14(11-15)23-13-19-20-21-23/h1,3-4,11,13,16,24H,2,5-10,12H2/t16-/m0/s1. The lowest BCUT2D eigenvalue weighted by Gasteiger charge is -2.46. The number of rotatable bonds is 4. The summed E-state index contributed by atoms with van der Waals surface area (Å²) in [6, 6.07) is 7.24. The molecular weight excluding hydrogens is 350 g/mol. The van der Waals surface area contributed by atoms with Gasteiger partial charge in [0.15, 0.2) is 6.61 Å². The molecule has 2 fully saturated rings. The van der Waals surface area contributed by atoms with Crippen molar-refractivity contribution < 1.29 is 19.4 Å². The summed E-state index contributed by atoms with van der Waals surface area (Å²) in [5, 5.41) is 21.3. The highest BCUT2D eigenvalue weighted by Gasteiger charge is 2.44. The molecule has 0 saturated carbocycles. The number of likely N-dealkylation sites (tertiary alicyclic amines) is 1. The number of nitrogens with zero attached hydrogens (tertiary/aromatic N) is 5. The van der Waals surface area contributed by atoms with Crippen LogP contribution in [0.3, 0.4) is 0 Å². The van der Waals surface area contributed by atoms with Gasteiger partial charge in [0, 0.05) is 25.8 Å². The average Bonchev–Trinajstić information content (AvgIpc) is 3.24. The molecule has 1 amide bonds. The third-order valence-corrected chi connectivity index (χ3v) is 5.37. The lowest BCUT2D eigenvalue weighted by atomic mass is 9.82. The predicted octanol–water partition coefficient (Wildman–Crippen LogP) is 0.574. The first-order valence-electron chi connectivity index (χ1n) is 9.22. The number of carbonyl (C=O) groups is 1. The number of benzene rings is 1. The zero-order valence-electron chi connectivity index (χ0n) is 15.0. The maximum Gasteiger partial charge on any atom is 0.260 e. The van der Waals surface area contributed by atoms with Crippen LogP contribution < -0.4 is 4.74 Å². The molecule has 0 unspecified atom stereocenters. The van der Waals surface area contributed by atoms with E-state index in [4.69, 9.17) is 9.47 Å². The van der Waals surface area contributed by atoms with Crippen molar-refractivity contribution in [2.75, 3.05) is 26.3 Å². The maximum atomic E-state index is 12.5. The van der Waals surface area contributed by atoms with E-state index in [0.717, 1.165) is 18.5 Å². The Morgan fingerprint density at radius 1 is 1.37 bits per heavy atom. The van der Waals surface area contributed by atoms with Gasteiger partial charge in [-0.05, 0) is 48.2 Å². The van der Waals surface area contributed by atoms with Crippen molar-refractivity contribution in [3.8, 4) is 11.4 Å². The van der Waals surface area contributed by atoms with Crippen LogP contribution in [0.25, 0.3) is 5.69 Å². The van der Waals surface area contributed by atoms with Gasteiger partial charge in [-0.2, -0.15) is 0 Å². The molecule has 1 spiro atoms. The van der Waals surface area contributed by atoms with Crippen molar-refractivity contribution in [1.82, 2.24) is 25.1 Å². The van der Waals surface area contributed by atoms with Gasteiger partial charge in [0.25, 0.3) is 5.91 Å². The van der Waals surface area contributed by atoms with Crippen LogP contribution in [-0.4, -0.2) is 74.1 Å². The fourth-order valence-electron chi connectivity index (χ4n) is 3.76. The van der Waals surface area contributed by atoms with Crippen molar-refractivity contribution in [1.29, 1.82) is 0 Å². The second-order valence-corrected chi connectivity index (χ2v) is 6.99. The third kappa shape index (κ3) is 3.79. The molecule has 2 aromatic rings. The molecule has 0 bridgehead atoms. The molecule has 3 heterocycles. The average molecular weight is 373 g/mol. The summed E-state index contributed by atoms with van der Waals surface area (Å²) in [5.41, 5.74) is 0.282. The monoisotopic (exact) mass is 373 g/mol. The van der Waals surface area contributed by atoms with Gasteiger partial charge in [0.05, 0.1) is 17.4 Å². The summed E-state index contributed by atoms with van der Waals surface area (Å²) in [6.07, 6.45) is 4.05. The summed E-state index contributed by atoms with van der Waals surface area (Å²) < 4.78 is 13.1. The smallest absolute Gasteiger partial charge is 0.260 e. The van der Waals surface area contributed by atoms with Crippen LogP contribution >= 0.6 is 0 Å². The van der Waals surface area contributed by atoms with Crippen LogP contribution in [0.2, 0.25) is 0 Å². The Morgan fingerprint density at radius 2 is 2.22 bits per heavy atom. The van der Waals surface area contributed by atoms with Crippen LogP contribution in [0.4, 0.5) is 0 Å². The van der Waals surface area contributed by atoms with Crippen molar-refractivity contribution in [2.24, 2.45) is 0 Å². The van der Waals surface area contributed by atoms with Gasteiger partial charge in [-0.1, -0.05) is 6.07 Å². The number of ether oxygens (including phenoxy) is 2. The summed E-state index contributed by atoms with van der Waals surface area (Å²) in [4.78, 5) is 14.3. The van der Waals surface area contributed by atoms with Gasteiger partial charge < -0.3 is 19.5 Å². The molecule has 0 radical (unpaired) electrons. The van der Waals surface area contributed by atoms with E-state index in [1.54, 1.807) is 17.0 Å². The number of aromatic nitrogens is 4. The molecule has 2 saturated heterocycles. The Balaban J connectivity index is 1.31. The molecule has 0 aliphatic carbocycles. The van der Waals surface area contributed by atoms with Crippen LogP contribution in [0.1, 0.15) is 25.7 Å². The number of amides is 1. The van der Waals surface area contributed by atoms with Crippen LogP contribution in [0, 0.1) is 0 Å². The molecular formula is C18H23N5O4. The first-order valence-corrected chi connectivity index (χ1v) is 9.22. The summed E-state index contributed by atoms with van der Waals surface area (Å²) in [6.45, 7) is 1.80. The van der Waals surface area contributed by atoms with Gasteiger partial charge in [-0.15, -0.1) is 5.10 Å². The zero-order chi connectivity index (χ0) is 18.7. The van der Waals surface area contributed by atoms with Crippen molar-refractivity contribution in [2.45, 2.75) is 37.4 Å². The minimum Gasteiger partial charge on any atom is -0.484 e. The fourth-order valence-corrected chi connectivity index (χ4v) is 3.76. The Labute approximate surface area is 156 Å². The molecule has 1 aromatic carbocycles. The predicted molar refractivity (Wildman–Crippen MR) is 94.4 cm³/mol. The lowest BCUT2D eigenvalue weighted by Crippen LogP contribution is -2.56. The molecule has 2 aliphatic rings. The van der Waals surface area contributed by atoms with Gasteiger partial charge in [0.2, 0.25) is 0 Å². The summed E-state index contributed by atoms with van der Waals surface area (Å²) >= 11 is 0.